The van der Waals surface area contributed by atoms with E-state index in [9.17, 15) is 14.5 Å². The van der Waals surface area contributed by atoms with Crippen LogP contribution in [0.1, 0.15) is 11.1 Å². The molecule has 0 aliphatic rings. The largest absolute Gasteiger partial charge is 0.318 e. The first-order valence-electron chi connectivity index (χ1n) is 5.70. The summed E-state index contributed by atoms with van der Waals surface area (Å²) >= 11 is 1.28. The molecule has 0 heterocycles. The fraction of sp³-hybridized carbons (Fsp3) is 0.143. The zero-order valence-corrected chi connectivity index (χ0v) is 11.1. The molecule has 3 nitrogen and oxygen atoms in total. The number of rotatable bonds is 4. The van der Waals surface area contributed by atoms with E-state index in [0.29, 0.717) is 10.6 Å². The van der Waals surface area contributed by atoms with Gasteiger partial charge in [-0.3, -0.25) is 10.1 Å². The van der Waals surface area contributed by atoms with Crippen molar-refractivity contribution >= 4 is 17.4 Å². The van der Waals surface area contributed by atoms with Crippen LogP contribution in [0.5, 0.6) is 0 Å². The van der Waals surface area contributed by atoms with E-state index in [-0.39, 0.29) is 0 Å². The van der Waals surface area contributed by atoms with E-state index in [4.69, 9.17) is 0 Å². The molecule has 0 saturated heterocycles. The normalized spacial score (nSPS) is 10.4. The first-order valence-corrected chi connectivity index (χ1v) is 6.68. The van der Waals surface area contributed by atoms with Crippen molar-refractivity contribution in [2.24, 2.45) is 0 Å². The Bertz CT molecular complexity index is 616. The van der Waals surface area contributed by atoms with Gasteiger partial charge in [0.2, 0.25) is 5.82 Å². The molecule has 0 radical (unpaired) electrons. The lowest BCUT2D eigenvalue weighted by atomic mass is 10.1. The van der Waals surface area contributed by atoms with Crippen LogP contribution in [0.4, 0.5) is 10.1 Å². The van der Waals surface area contributed by atoms with Gasteiger partial charge >= 0.3 is 5.69 Å². The summed E-state index contributed by atoms with van der Waals surface area (Å²) < 4.78 is 13.5. The van der Waals surface area contributed by atoms with Crippen LogP contribution in [0.15, 0.2) is 47.4 Å². The predicted molar refractivity (Wildman–Crippen MR) is 73.8 cm³/mol. The van der Waals surface area contributed by atoms with Crippen molar-refractivity contribution in [3.63, 3.8) is 0 Å². The molecule has 0 saturated carbocycles. The highest BCUT2D eigenvalue weighted by molar-refractivity contribution is 7.98. The van der Waals surface area contributed by atoms with Gasteiger partial charge in [-0.05, 0) is 30.2 Å². The van der Waals surface area contributed by atoms with Gasteiger partial charge in [-0.25, -0.2) is 0 Å². The van der Waals surface area contributed by atoms with Gasteiger partial charge in [0.15, 0.2) is 0 Å². The number of nitrogens with zero attached hydrogens (tertiary/aromatic N) is 1. The zero-order chi connectivity index (χ0) is 13.8. The van der Waals surface area contributed by atoms with Gasteiger partial charge in [0.25, 0.3) is 0 Å². The SMILES string of the molecule is Cc1ccccc1CSc1cccc(F)c1[N+](=O)[O-]. The molecule has 0 aromatic heterocycles. The van der Waals surface area contributed by atoms with Crippen LogP contribution >= 0.6 is 11.8 Å². The van der Waals surface area contributed by atoms with Crippen molar-refractivity contribution < 1.29 is 9.31 Å². The van der Waals surface area contributed by atoms with Crippen LogP contribution < -0.4 is 0 Å². The Labute approximate surface area is 114 Å². The number of hydrogen-bond acceptors (Lipinski definition) is 3. The van der Waals surface area contributed by atoms with Gasteiger partial charge in [-0.15, -0.1) is 11.8 Å². The first kappa shape index (κ1) is 13.5. The molecule has 0 spiro atoms. The molecule has 98 valence electrons. The zero-order valence-electron chi connectivity index (χ0n) is 10.3. The molecular formula is C14H12FNO2S. The summed E-state index contributed by atoms with van der Waals surface area (Å²) in [5.41, 5.74) is 1.76. The smallest absolute Gasteiger partial charge is 0.258 e. The maximum atomic E-state index is 13.5. The third-order valence-corrected chi connectivity index (χ3v) is 3.87. The van der Waals surface area contributed by atoms with Crippen molar-refractivity contribution in [1.29, 1.82) is 0 Å². The summed E-state index contributed by atoms with van der Waals surface area (Å²) in [6, 6.07) is 12.0. The van der Waals surface area contributed by atoms with E-state index >= 15 is 0 Å². The molecule has 19 heavy (non-hydrogen) atoms. The maximum absolute atomic E-state index is 13.5. The third-order valence-electron chi connectivity index (χ3n) is 2.78. The lowest BCUT2D eigenvalue weighted by molar-refractivity contribution is -0.390. The highest BCUT2D eigenvalue weighted by Gasteiger charge is 2.19. The molecule has 0 amide bonds. The number of nitro benzene ring substituents is 1. The molecule has 0 atom stereocenters. The van der Waals surface area contributed by atoms with E-state index in [1.54, 1.807) is 6.07 Å². The fourth-order valence-corrected chi connectivity index (χ4v) is 2.84. The number of benzene rings is 2. The number of para-hydroxylation sites is 1. The van der Waals surface area contributed by atoms with Crippen molar-refractivity contribution in [2.75, 3.05) is 0 Å². The quantitative estimate of drug-likeness (QED) is 0.474. The summed E-state index contributed by atoms with van der Waals surface area (Å²) in [5.74, 6) is -0.212. The monoisotopic (exact) mass is 277 g/mol. The van der Waals surface area contributed by atoms with Crippen LogP contribution in [-0.4, -0.2) is 4.92 Å². The molecule has 0 aliphatic heterocycles. The lowest BCUT2D eigenvalue weighted by Gasteiger charge is -2.06. The standard InChI is InChI=1S/C14H12FNO2S/c1-10-5-2-3-6-11(10)9-19-13-8-4-7-12(15)14(13)16(17)18/h2-8H,9H2,1H3. The minimum atomic E-state index is -0.792. The van der Waals surface area contributed by atoms with Gasteiger partial charge in [-0.1, -0.05) is 30.3 Å². The van der Waals surface area contributed by atoms with Gasteiger partial charge in [0, 0.05) is 5.75 Å². The number of aryl methyl sites for hydroxylation is 1. The van der Waals surface area contributed by atoms with Crippen molar-refractivity contribution in [3.05, 3.63) is 69.5 Å². The maximum Gasteiger partial charge on any atom is 0.318 e. The Morgan fingerprint density at radius 3 is 2.63 bits per heavy atom. The molecule has 0 aliphatic carbocycles. The van der Waals surface area contributed by atoms with Gasteiger partial charge in [0.05, 0.1) is 9.82 Å². The van der Waals surface area contributed by atoms with Crippen molar-refractivity contribution in [3.8, 4) is 0 Å². The predicted octanol–water partition coefficient (Wildman–Crippen LogP) is 4.33. The van der Waals surface area contributed by atoms with Crippen LogP contribution in [0, 0.1) is 22.9 Å². The van der Waals surface area contributed by atoms with Gasteiger partial charge in [0.1, 0.15) is 0 Å². The van der Waals surface area contributed by atoms with E-state index in [2.05, 4.69) is 0 Å². The van der Waals surface area contributed by atoms with Crippen molar-refractivity contribution in [2.45, 2.75) is 17.6 Å². The second-order valence-electron chi connectivity index (χ2n) is 4.06. The fourth-order valence-electron chi connectivity index (χ4n) is 1.72. The number of halogens is 1. The molecule has 0 unspecified atom stereocenters. The summed E-state index contributed by atoms with van der Waals surface area (Å²) in [4.78, 5) is 10.6. The van der Waals surface area contributed by atoms with Crippen molar-refractivity contribution in [1.82, 2.24) is 0 Å². The average molecular weight is 277 g/mol. The summed E-state index contributed by atoms with van der Waals surface area (Å²) in [7, 11) is 0. The minimum Gasteiger partial charge on any atom is -0.258 e. The Morgan fingerprint density at radius 2 is 1.95 bits per heavy atom. The Morgan fingerprint density at radius 1 is 1.21 bits per heavy atom. The molecule has 2 aromatic carbocycles. The lowest BCUT2D eigenvalue weighted by Crippen LogP contribution is -1.95. The highest BCUT2D eigenvalue weighted by Crippen LogP contribution is 2.33. The molecule has 2 aromatic rings. The summed E-state index contributed by atoms with van der Waals surface area (Å²) in [6.07, 6.45) is 0. The molecule has 5 heteroatoms. The number of hydrogen-bond donors (Lipinski definition) is 0. The van der Waals surface area contributed by atoms with Crippen LogP contribution in [0.2, 0.25) is 0 Å². The molecule has 0 bridgehead atoms. The highest BCUT2D eigenvalue weighted by atomic mass is 32.2. The van der Waals surface area contributed by atoms with Gasteiger partial charge < -0.3 is 0 Å². The van der Waals surface area contributed by atoms with E-state index in [1.807, 2.05) is 31.2 Å². The topological polar surface area (TPSA) is 43.1 Å². The van der Waals surface area contributed by atoms with E-state index in [1.165, 1.54) is 17.8 Å². The average Bonchev–Trinajstić information content (AvgIpc) is 2.37. The Balaban J connectivity index is 2.23. The van der Waals surface area contributed by atoms with Crippen LogP contribution in [0.3, 0.4) is 0 Å². The molecule has 0 N–H and O–H groups in total. The Hall–Kier alpha value is -1.88. The van der Waals surface area contributed by atoms with Crippen LogP contribution in [0.25, 0.3) is 0 Å². The molecule has 2 rings (SSSR count). The van der Waals surface area contributed by atoms with E-state index < -0.39 is 16.4 Å². The minimum absolute atomic E-state index is 0.355. The van der Waals surface area contributed by atoms with E-state index in [0.717, 1.165) is 17.2 Å². The van der Waals surface area contributed by atoms with Crippen LogP contribution in [-0.2, 0) is 5.75 Å². The third kappa shape index (κ3) is 3.12. The summed E-state index contributed by atoms with van der Waals surface area (Å²) in [5, 5.41) is 10.9. The van der Waals surface area contributed by atoms with Gasteiger partial charge in [-0.2, -0.15) is 4.39 Å². The molecule has 0 fully saturated rings. The second kappa shape index (κ2) is 5.84. The Kier molecular flexibility index (Phi) is 4.16. The number of nitro groups is 1. The summed E-state index contributed by atoms with van der Waals surface area (Å²) in [6.45, 7) is 1.98. The number of thioether (sulfide) groups is 1. The molecular weight excluding hydrogens is 265 g/mol. The second-order valence-corrected chi connectivity index (χ2v) is 5.08. The first-order chi connectivity index (χ1) is 9.09.